The molecule has 0 aromatic carbocycles. The predicted octanol–water partition coefficient (Wildman–Crippen LogP) is -7.57. The van der Waals surface area contributed by atoms with E-state index >= 15 is 0 Å². The largest absolute Gasteiger partial charge is 0.394 e. The number of aliphatic hydroxyl groups excluding tert-OH is 11. The summed E-state index contributed by atoms with van der Waals surface area (Å²) in [6.45, 7) is -2.31. The standard InChI is InChI=1S/C18H32O16/c19-1-4-8(23)11(26)14(16(29)30-4)33-18-15(12(27)9(24)6(3-21)32-18)34-17-13(28)10(25)7(22)5(2-20)31-17/h4-29H,1-3H2/t4-,5-,6-,7-,8-,9-,10+,11+,12+,13-,14-,15-,16+,17?,18-/m1/s1. The van der Waals surface area contributed by atoms with E-state index in [1.807, 2.05) is 0 Å². The Labute approximate surface area is 192 Å². The second-order valence-corrected chi connectivity index (χ2v) is 8.33. The van der Waals surface area contributed by atoms with Gasteiger partial charge in [-0.1, -0.05) is 0 Å². The maximum Gasteiger partial charge on any atom is 0.187 e. The molecule has 0 aromatic heterocycles. The Morgan fingerprint density at radius 2 is 0.853 bits per heavy atom. The summed E-state index contributed by atoms with van der Waals surface area (Å²) in [5, 5.41) is 109. The first-order chi connectivity index (χ1) is 16.0. The second-order valence-electron chi connectivity index (χ2n) is 8.33. The minimum Gasteiger partial charge on any atom is -0.394 e. The molecule has 3 heterocycles. The highest BCUT2D eigenvalue weighted by Gasteiger charge is 2.53. The van der Waals surface area contributed by atoms with E-state index in [-0.39, 0.29) is 0 Å². The van der Waals surface area contributed by atoms with Gasteiger partial charge in [0.15, 0.2) is 18.9 Å². The van der Waals surface area contributed by atoms with Gasteiger partial charge >= 0.3 is 0 Å². The number of aliphatic hydroxyl groups is 11. The molecule has 200 valence electrons. The van der Waals surface area contributed by atoms with Gasteiger partial charge in [-0.15, -0.1) is 0 Å². The molecule has 0 amide bonds. The molecule has 0 spiro atoms. The van der Waals surface area contributed by atoms with Gasteiger partial charge in [-0.3, -0.25) is 0 Å². The molecule has 16 nitrogen and oxygen atoms in total. The molecule has 3 saturated heterocycles. The Morgan fingerprint density at radius 1 is 0.441 bits per heavy atom. The lowest BCUT2D eigenvalue weighted by atomic mass is 9.96. The van der Waals surface area contributed by atoms with E-state index in [0.717, 1.165) is 0 Å². The molecule has 0 radical (unpaired) electrons. The summed E-state index contributed by atoms with van der Waals surface area (Å²) in [7, 11) is 0. The van der Waals surface area contributed by atoms with Crippen LogP contribution in [0.15, 0.2) is 0 Å². The summed E-state index contributed by atoms with van der Waals surface area (Å²) in [4.78, 5) is 0. The van der Waals surface area contributed by atoms with Crippen molar-refractivity contribution in [3.63, 3.8) is 0 Å². The number of hydrogen-bond donors (Lipinski definition) is 11. The van der Waals surface area contributed by atoms with Gasteiger partial charge in [-0.25, -0.2) is 0 Å². The van der Waals surface area contributed by atoms with Crippen molar-refractivity contribution in [1.82, 2.24) is 0 Å². The van der Waals surface area contributed by atoms with Crippen molar-refractivity contribution in [2.45, 2.75) is 92.1 Å². The first-order valence-corrected chi connectivity index (χ1v) is 10.6. The van der Waals surface area contributed by atoms with Crippen LogP contribution in [0.3, 0.4) is 0 Å². The van der Waals surface area contributed by atoms with Crippen LogP contribution in [-0.2, 0) is 23.7 Å². The summed E-state index contributed by atoms with van der Waals surface area (Å²) in [6, 6.07) is 0. The van der Waals surface area contributed by atoms with Crippen LogP contribution < -0.4 is 0 Å². The van der Waals surface area contributed by atoms with E-state index in [1.165, 1.54) is 0 Å². The van der Waals surface area contributed by atoms with Crippen molar-refractivity contribution < 1.29 is 79.9 Å². The van der Waals surface area contributed by atoms with Crippen molar-refractivity contribution in [3.05, 3.63) is 0 Å². The van der Waals surface area contributed by atoms with E-state index in [9.17, 15) is 56.2 Å². The monoisotopic (exact) mass is 504 g/mol. The Bertz CT molecular complexity index is 639. The molecule has 15 atom stereocenters. The predicted molar refractivity (Wildman–Crippen MR) is 101 cm³/mol. The van der Waals surface area contributed by atoms with Crippen molar-refractivity contribution in [3.8, 4) is 0 Å². The molecule has 3 aliphatic heterocycles. The lowest BCUT2D eigenvalue weighted by molar-refractivity contribution is -0.391. The maximum absolute atomic E-state index is 10.6. The third-order valence-electron chi connectivity index (χ3n) is 6.10. The van der Waals surface area contributed by atoms with Gasteiger partial charge in [0.05, 0.1) is 19.8 Å². The fraction of sp³-hybridized carbons (Fsp3) is 1.00. The smallest absolute Gasteiger partial charge is 0.187 e. The molecular formula is C18H32O16. The van der Waals surface area contributed by atoms with Gasteiger partial charge in [0.1, 0.15) is 73.2 Å². The summed E-state index contributed by atoms with van der Waals surface area (Å²) in [6.07, 6.45) is -25.7. The first-order valence-electron chi connectivity index (χ1n) is 10.6. The van der Waals surface area contributed by atoms with Crippen molar-refractivity contribution in [1.29, 1.82) is 0 Å². The fourth-order valence-electron chi connectivity index (χ4n) is 4.02. The van der Waals surface area contributed by atoms with Gasteiger partial charge in [0.25, 0.3) is 0 Å². The quantitative estimate of drug-likeness (QED) is 0.154. The van der Waals surface area contributed by atoms with E-state index in [1.54, 1.807) is 0 Å². The van der Waals surface area contributed by atoms with E-state index in [2.05, 4.69) is 0 Å². The zero-order valence-electron chi connectivity index (χ0n) is 17.7. The Hall–Kier alpha value is -0.640. The number of ether oxygens (including phenoxy) is 5. The summed E-state index contributed by atoms with van der Waals surface area (Å²) in [5.41, 5.74) is 0. The highest BCUT2D eigenvalue weighted by atomic mass is 16.8. The molecule has 3 rings (SSSR count). The van der Waals surface area contributed by atoms with Gasteiger partial charge in [-0.2, -0.15) is 0 Å². The van der Waals surface area contributed by atoms with Gasteiger partial charge in [-0.05, 0) is 0 Å². The third-order valence-corrected chi connectivity index (χ3v) is 6.10. The molecule has 1 unspecified atom stereocenters. The zero-order chi connectivity index (χ0) is 25.3. The molecule has 3 fully saturated rings. The van der Waals surface area contributed by atoms with Crippen molar-refractivity contribution in [2.24, 2.45) is 0 Å². The average molecular weight is 504 g/mol. The molecule has 11 N–H and O–H groups in total. The fourth-order valence-corrected chi connectivity index (χ4v) is 4.02. The van der Waals surface area contributed by atoms with Crippen LogP contribution in [0.25, 0.3) is 0 Å². The third kappa shape index (κ3) is 5.37. The number of hydrogen-bond acceptors (Lipinski definition) is 16. The molecule has 16 heteroatoms. The summed E-state index contributed by atoms with van der Waals surface area (Å²) >= 11 is 0. The van der Waals surface area contributed by atoms with Crippen LogP contribution in [0.4, 0.5) is 0 Å². The minimum atomic E-state index is -1.90. The van der Waals surface area contributed by atoms with Crippen LogP contribution in [-0.4, -0.2) is 168 Å². The second kappa shape index (κ2) is 11.6. The maximum atomic E-state index is 10.6. The summed E-state index contributed by atoms with van der Waals surface area (Å²) in [5.74, 6) is 0. The SMILES string of the molecule is OC[C@H]1O[C@H](O)[C@H](O[C@H]2O[C@H](CO)[C@@H](O)[C@H](O)[C@H]2OC2O[C@H](CO)[C@@H](O)[C@H](O)[C@H]2O)[C@@H](O)[C@@H]1O. The van der Waals surface area contributed by atoms with Gasteiger partial charge < -0.3 is 79.9 Å². The molecule has 0 aliphatic carbocycles. The first kappa shape index (κ1) is 27.9. The topological polar surface area (TPSA) is 269 Å². The molecule has 34 heavy (non-hydrogen) atoms. The molecular weight excluding hydrogens is 472 g/mol. The van der Waals surface area contributed by atoms with Gasteiger partial charge in [0, 0.05) is 0 Å². The van der Waals surface area contributed by atoms with Crippen LogP contribution in [0.1, 0.15) is 0 Å². The van der Waals surface area contributed by atoms with Crippen LogP contribution in [0.2, 0.25) is 0 Å². The van der Waals surface area contributed by atoms with Crippen molar-refractivity contribution >= 4 is 0 Å². The number of rotatable bonds is 7. The highest BCUT2D eigenvalue weighted by molar-refractivity contribution is 4.95. The van der Waals surface area contributed by atoms with Crippen LogP contribution >= 0.6 is 0 Å². The Kier molecular flexibility index (Phi) is 9.54. The van der Waals surface area contributed by atoms with E-state index < -0.39 is 112 Å². The molecule has 3 aliphatic rings. The van der Waals surface area contributed by atoms with Gasteiger partial charge in [0.2, 0.25) is 0 Å². The lowest BCUT2D eigenvalue weighted by Gasteiger charge is -2.48. The van der Waals surface area contributed by atoms with E-state index in [0.29, 0.717) is 0 Å². The summed E-state index contributed by atoms with van der Waals surface area (Å²) < 4.78 is 26.5. The molecule has 0 saturated carbocycles. The molecule has 0 aromatic rings. The van der Waals surface area contributed by atoms with E-state index in [4.69, 9.17) is 23.7 Å². The normalized spacial score (nSPS) is 52.5. The zero-order valence-corrected chi connectivity index (χ0v) is 17.7. The Morgan fingerprint density at radius 3 is 1.38 bits per heavy atom. The minimum absolute atomic E-state index is 0.734. The average Bonchev–Trinajstić information content (AvgIpc) is 2.83. The molecule has 0 bridgehead atoms. The van der Waals surface area contributed by atoms with Crippen LogP contribution in [0.5, 0.6) is 0 Å². The Balaban J connectivity index is 1.82. The van der Waals surface area contributed by atoms with Crippen LogP contribution in [0, 0.1) is 0 Å². The lowest BCUT2D eigenvalue weighted by Crippen LogP contribution is -2.66. The highest BCUT2D eigenvalue weighted by Crippen LogP contribution is 2.32. The van der Waals surface area contributed by atoms with Crippen molar-refractivity contribution in [2.75, 3.05) is 19.8 Å².